The highest BCUT2D eigenvalue weighted by atomic mass is 32.1. The van der Waals surface area contributed by atoms with Crippen molar-refractivity contribution in [3.8, 4) is 28.5 Å². The fraction of sp³-hybridized carbons (Fsp3) is 0.120. The number of hydrogen-bond acceptors (Lipinski definition) is 7. The van der Waals surface area contributed by atoms with Crippen molar-refractivity contribution in [1.82, 2.24) is 4.98 Å². The van der Waals surface area contributed by atoms with Crippen molar-refractivity contribution in [3.05, 3.63) is 77.7 Å². The van der Waals surface area contributed by atoms with E-state index in [0.29, 0.717) is 22.7 Å². The first kappa shape index (κ1) is 22.2. The molecule has 8 heteroatoms. The second kappa shape index (κ2) is 10.1. The SMILES string of the molecule is COc1cccc(Nc2nc(-c3cccc(NC(=O)c4c(OC)cccc4OC)c3)cs2)c1. The van der Waals surface area contributed by atoms with Crippen molar-refractivity contribution in [1.29, 1.82) is 0 Å². The molecule has 0 spiro atoms. The third-order valence-electron chi connectivity index (χ3n) is 4.90. The molecule has 0 radical (unpaired) electrons. The van der Waals surface area contributed by atoms with Crippen molar-refractivity contribution in [3.63, 3.8) is 0 Å². The number of aromatic nitrogens is 1. The molecule has 0 bridgehead atoms. The van der Waals surface area contributed by atoms with E-state index >= 15 is 0 Å². The molecule has 0 fully saturated rings. The minimum atomic E-state index is -0.319. The number of carbonyl (C=O) groups is 1. The van der Waals surface area contributed by atoms with Crippen LogP contribution in [0.5, 0.6) is 17.2 Å². The van der Waals surface area contributed by atoms with Crippen LogP contribution in [0.15, 0.2) is 72.1 Å². The largest absolute Gasteiger partial charge is 0.497 e. The van der Waals surface area contributed by atoms with Crippen LogP contribution in [0.25, 0.3) is 11.3 Å². The van der Waals surface area contributed by atoms with Gasteiger partial charge in [0.15, 0.2) is 5.13 Å². The minimum Gasteiger partial charge on any atom is -0.497 e. The van der Waals surface area contributed by atoms with Gasteiger partial charge in [0.2, 0.25) is 0 Å². The minimum absolute atomic E-state index is 0.319. The molecule has 0 atom stereocenters. The van der Waals surface area contributed by atoms with Crippen molar-refractivity contribution >= 4 is 33.8 Å². The molecule has 4 rings (SSSR count). The van der Waals surface area contributed by atoms with Gasteiger partial charge in [0.05, 0.1) is 27.0 Å². The lowest BCUT2D eigenvalue weighted by molar-refractivity contribution is 0.102. The molecule has 0 aliphatic heterocycles. The first-order valence-electron chi connectivity index (χ1n) is 10.1. The molecule has 0 unspecified atom stereocenters. The van der Waals surface area contributed by atoms with E-state index in [9.17, 15) is 4.79 Å². The Morgan fingerprint density at radius 3 is 2.27 bits per heavy atom. The summed E-state index contributed by atoms with van der Waals surface area (Å²) >= 11 is 1.50. The first-order valence-corrected chi connectivity index (χ1v) is 11.0. The van der Waals surface area contributed by atoms with E-state index in [1.165, 1.54) is 25.6 Å². The molecule has 1 heterocycles. The topological polar surface area (TPSA) is 81.7 Å². The molecule has 3 aromatic carbocycles. The Hall–Kier alpha value is -4.04. The zero-order valence-electron chi connectivity index (χ0n) is 18.4. The van der Waals surface area contributed by atoms with Gasteiger partial charge in [-0.15, -0.1) is 11.3 Å². The maximum atomic E-state index is 13.0. The number of methoxy groups -OCH3 is 3. The number of rotatable bonds is 8. The van der Waals surface area contributed by atoms with Crippen LogP contribution in [0.2, 0.25) is 0 Å². The molecule has 33 heavy (non-hydrogen) atoms. The Morgan fingerprint density at radius 2 is 1.55 bits per heavy atom. The van der Waals surface area contributed by atoms with E-state index in [1.807, 2.05) is 53.9 Å². The molecule has 0 saturated heterocycles. The number of thiazole rings is 1. The van der Waals surface area contributed by atoms with Crippen LogP contribution in [0.4, 0.5) is 16.5 Å². The van der Waals surface area contributed by atoms with Gasteiger partial charge >= 0.3 is 0 Å². The quantitative estimate of drug-likeness (QED) is 0.343. The zero-order valence-corrected chi connectivity index (χ0v) is 19.2. The highest BCUT2D eigenvalue weighted by molar-refractivity contribution is 7.14. The summed E-state index contributed by atoms with van der Waals surface area (Å²) in [5, 5.41) is 8.94. The van der Waals surface area contributed by atoms with Crippen LogP contribution in [-0.4, -0.2) is 32.2 Å². The second-order valence-electron chi connectivity index (χ2n) is 6.97. The van der Waals surface area contributed by atoms with E-state index in [2.05, 4.69) is 15.6 Å². The third-order valence-corrected chi connectivity index (χ3v) is 5.65. The average Bonchev–Trinajstić information content (AvgIpc) is 3.32. The summed E-state index contributed by atoms with van der Waals surface area (Å²) in [4.78, 5) is 17.7. The average molecular weight is 462 g/mol. The molecule has 0 aliphatic carbocycles. The zero-order chi connectivity index (χ0) is 23.2. The standard InChI is InChI=1S/C25H23N3O4S/c1-30-19-10-5-9-18(14-19)27-25-28-20(15-33-25)16-7-4-8-17(13-16)26-24(29)23-21(31-2)11-6-12-22(23)32-3/h4-15H,1-3H3,(H,26,29)(H,27,28). The fourth-order valence-corrected chi connectivity index (χ4v) is 4.05. The molecule has 0 aliphatic rings. The summed E-state index contributed by atoms with van der Waals surface area (Å²) in [5.74, 6) is 1.33. The van der Waals surface area contributed by atoms with E-state index < -0.39 is 0 Å². The molecule has 1 amide bonds. The van der Waals surface area contributed by atoms with Gasteiger partial charge in [0.1, 0.15) is 22.8 Å². The van der Waals surface area contributed by atoms with Crippen molar-refractivity contribution in [2.24, 2.45) is 0 Å². The lowest BCUT2D eigenvalue weighted by Crippen LogP contribution is -2.14. The van der Waals surface area contributed by atoms with Crippen LogP contribution in [-0.2, 0) is 0 Å². The number of benzene rings is 3. The third kappa shape index (κ3) is 5.07. The van der Waals surface area contributed by atoms with Crippen LogP contribution in [0, 0.1) is 0 Å². The number of nitrogens with zero attached hydrogens (tertiary/aromatic N) is 1. The van der Waals surface area contributed by atoms with Gasteiger partial charge in [-0.25, -0.2) is 4.98 Å². The number of hydrogen-bond donors (Lipinski definition) is 2. The lowest BCUT2D eigenvalue weighted by atomic mass is 10.1. The Kier molecular flexibility index (Phi) is 6.75. The van der Waals surface area contributed by atoms with Gasteiger partial charge in [-0.05, 0) is 36.4 Å². The Labute approximate surface area is 196 Å². The Morgan fingerprint density at radius 1 is 0.848 bits per heavy atom. The smallest absolute Gasteiger partial charge is 0.263 e. The summed E-state index contributed by atoms with van der Waals surface area (Å²) in [7, 11) is 4.67. The number of amides is 1. The number of anilines is 3. The molecular formula is C25H23N3O4S. The monoisotopic (exact) mass is 461 g/mol. The second-order valence-corrected chi connectivity index (χ2v) is 7.83. The summed E-state index contributed by atoms with van der Waals surface area (Å²) < 4.78 is 15.9. The number of ether oxygens (including phenoxy) is 3. The lowest BCUT2D eigenvalue weighted by Gasteiger charge is -2.13. The van der Waals surface area contributed by atoms with E-state index in [1.54, 1.807) is 25.3 Å². The molecule has 4 aromatic rings. The maximum Gasteiger partial charge on any atom is 0.263 e. The van der Waals surface area contributed by atoms with E-state index in [4.69, 9.17) is 14.2 Å². The molecule has 0 saturated carbocycles. The molecule has 1 aromatic heterocycles. The molecule has 7 nitrogen and oxygen atoms in total. The highest BCUT2D eigenvalue weighted by Gasteiger charge is 2.18. The van der Waals surface area contributed by atoms with E-state index in [-0.39, 0.29) is 5.91 Å². The molecule has 168 valence electrons. The van der Waals surface area contributed by atoms with Crippen LogP contribution in [0.1, 0.15) is 10.4 Å². The van der Waals surface area contributed by atoms with Gasteiger partial charge in [-0.2, -0.15) is 0 Å². The summed E-state index contributed by atoms with van der Waals surface area (Å²) in [6.07, 6.45) is 0. The normalized spacial score (nSPS) is 10.4. The molecular weight excluding hydrogens is 438 g/mol. The van der Waals surface area contributed by atoms with E-state index in [0.717, 1.165) is 27.8 Å². The van der Waals surface area contributed by atoms with Crippen LogP contribution < -0.4 is 24.8 Å². The predicted molar refractivity (Wildman–Crippen MR) is 131 cm³/mol. The van der Waals surface area contributed by atoms with Crippen molar-refractivity contribution in [2.75, 3.05) is 32.0 Å². The number of carbonyl (C=O) groups excluding carboxylic acids is 1. The maximum absolute atomic E-state index is 13.0. The van der Waals surface area contributed by atoms with Gasteiger partial charge in [0.25, 0.3) is 5.91 Å². The summed E-state index contributed by atoms with van der Waals surface area (Å²) in [6.45, 7) is 0. The molecule has 2 N–H and O–H groups in total. The van der Waals surface area contributed by atoms with Crippen LogP contribution >= 0.6 is 11.3 Å². The fourth-order valence-electron chi connectivity index (χ4n) is 3.31. The van der Waals surface area contributed by atoms with Gasteiger partial charge in [0, 0.05) is 28.4 Å². The van der Waals surface area contributed by atoms with Crippen molar-refractivity contribution in [2.45, 2.75) is 0 Å². The number of nitrogens with one attached hydrogen (secondary N) is 2. The van der Waals surface area contributed by atoms with Gasteiger partial charge in [-0.3, -0.25) is 4.79 Å². The Bertz CT molecular complexity index is 1250. The summed E-state index contributed by atoms with van der Waals surface area (Å²) in [5.41, 5.74) is 3.56. The van der Waals surface area contributed by atoms with Crippen LogP contribution in [0.3, 0.4) is 0 Å². The Balaban J connectivity index is 1.53. The van der Waals surface area contributed by atoms with Crippen molar-refractivity contribution < 1.29 is 19.0 Å². The van der Waals surface area contributed by atoms with Gasteiger partial charge in [-0.1, -0.05) is 24.3 Å². The van der Waals surface area contributed by atoms with Gasteiger partial charge < -0.3 is 24.8 Å². The summed E-state index contributed by atoms with van der Waals surface area (Å²) in [6, 6.07) is 20.4. The first-order chi connectivity index (χ1) is 16.1. The predicted octanol–water partition coefficient (Wildman–Crippen LogP) is 5.83. The highest BCUT2D eigenvalue weighted by Crippen LogP contribution is 2.31.